The number of amides is 1. The summed E-state index contributed by atoms with van der Waals surface area (Å²) in [5.74, 6) is 0.208. The van der Waals surface area contributed by atoms with Crippen molar-refractivity contribution >= 4 is 17.5 Å². The number of rotatable bonds is 6. The summed E-state index contributed by atoms with van der Waals surface area (Å²) < 4.78 is 5.51. The Hall–Kier alpha value is -2.11. The zero-order valence-electron chi connectivity index (χ0n) is 13.2. The number of aryl methyl sites for hydroxylation is 1. The predicted octanol–water partition coefficient (Wildman–Crippen LogP) is 2.87. The highest BCUT2D eigenvalue weighted by atomic mass is 35.5. The van der Waals surface area contributed by atoms with Gasteiger partial charge in [0.15, 0.2) is 0 Å². The van der Waals surface area contributed by atoms with Gasteiger partial charge in [-0.2, -0.15) is 0 Å². The van der Waals surface area contributed by atoms with Gasteiger partial charge in [0.25, 0.3) is 5.91 Å². The lowest BCUT2D eigenvalue weighted by Crippen LogP contribution is -2.27. The zero-order valence-corrected chi connectivity index (χ0v) is 13.9. The van der Waals surface area contributed by atoms with E-state index in [1.807, 2.05) is 26.0 Å². The van der Waals surface area contributed by atoms with Gasteiger partial charge in [-0.25, -0.2) is 0 Å². The quantitative estimate of drug-likeness (QED) is 0.852. The van der Waals surface area contributed by atoms with E-state index < -0.39 is 0 Å². The van der Waals surface area contributed by atoms with E-state index in [0.717, 1.165) is 11.3 Å². The molecule has 0 aliphatic rings. The summed E-state index contributed by atoms with van der Waals surface area (Å²) in [6.45, 7) is 4.52. The fourth-order valence-electron chi connectivity index (χ4n) is 2.07. The maximum atomic E-state index is 12.5. The minimum absolute atomic E-state index is 0.183. The van der Waals surface area contributed by atoms with Crippen molar-refractivity contribution in [3.8, 4) is 5.75 Å². The lowest BCUT2D eigenvalue weighted by Gasteiger charge is -2.16. The van der Waals surface area contributed by atoms with E-state index >= 15 is 0 Å². The summed E-state index contributed by atoms with van der Waals surface area (Å²) in [5.41, 5.74) is 7.69. The zero-order chi connectivity index (χ0) is 16.8. The van der Waals surface area contributed by atoms with Crippen LogP contribution in [0.15, 0.2) is 36.5 Å². The van der Waals surface area contributed by atoms with Crippen LogP contribution in [0.25, 0.3) is 0 Å². The number of ether oxygens (including phenoxy) is 1. The highest BCUT2D eigenvalue weighted by Gasteiger charge is 2.16. The van der Waals surface area contributed by atoms with Gasteiger partial charge in [0.05, 0.1) is 11.6 Å². The van der Waals surface area contributed by atoms with Crippen LogP contribution in [-0.4, -0.2) is 24.0 Å². The Bertz CT molecular complexity index is 674. The van der Waals surface area contributed by atoms with E-state index in [-0.39, 0.29) is 11.9 Å². The van der Waals surface area contributed by atoms with Gasteiger partial charge in [0.1, 0.15) is 12.4 Å². The van der Waals surface area contributed by atoms with Crippen LogP contribution >= 0.6 is 11.6 Å². The molecular formula is C17H20ClN3O2. The van der Waals surface area contributed by atoms with Crippen LogP contribution in [-0.2, 0) is 0 Å². The minimum Gasteiger partial charge on any atom is -0.491 e. The maximum absolute atomic E-state index is 12.5. The monoisotopic (exact) mass is 333 g/mol. The fraction of sp³-hybridized carbons (Fsp3) is 0.294. The molecule has 3 N–H and O–H groups in total. The molecule has 1 amide bonds. The molecular weight excluding hydrogens is 314 g/mol. The number of aromatic nitrogens is 1. The van der Waals surface area contributed by atoms with Crippen LogP contribution in [0.2, 0.25) is 5.02 Å². The van der Waals surface area contributed by atoms with Crippen LogP contribution in [0, 0.1) is 6.92 Å². The first-order valence-corrected chi connectivity index (χ1v) is 7.75. The third-order valence-electron chi connectivity index (χ3n) is 3.34. The molecule has 2 aromatic rings. The molecule has 1 aromatic heterocycles. The standard InChI is InChI=1S/C17H20ClN3O2/c1-11-3-4-13(10-20-11)12(2)21-17(22)15-9-14(18)5-6-16(15)23-8-7-19/h3-6,9-10,12H,7-8,19H2,1-2H3,(H,21,22). The van der Waals surface area contributed by atoms with Gasteiger partial charge in [0.2, 0.25) is 0 Å². The molecule has 1 unspecified atom stereocenters. The molecule has 0 aliphatic carbocycles. The second kappa shape index (κ2) is 7.94. The number of halogens is 1. The third-order valence-corrected chi connectivity index (χ3v) is 3.58. The Morgan fingerprint density at radius 1 is 1.39 bits per heavy atom. The lowest BCUT2D eigenvalue weighted by atomic mass is 10.1. The van der Waals surface area contributed by atoms with Crippen LogP contribution in [0.1, 0.15) is 34.6 Å². The largest absolute Gasteiger partial charge is 0.491 e. The Balaban J connectivity index is 2.16. The van der Waals surface area contributed by atoms with E-state index in [0.29, 0.717) is 29.5 Å². The van der Waals surface area contributed by atoms with E-state index in [1.165, 1.54) is 0 Å². The first-order chi connectivity index (χ1) is 11.0. The Morgan fingerprint density at radius 3 is 2.83 bits per heavy atom. The van der Waals surface area contributed by atoms with Crippen molar-refractivity contribution in [3.05, 3.63) is 58.4 Å². The van der Waals surface area contributed by atoms with Crippen molar-refractivity contribution in [1.82, 2.24) is 10.3 Å². The van der Waals surface area contributed by atoms with Crippen molar-refractivity contribution in [2.75, 3.05) is 13.2 Å². The topological polar surface area (TPSA) is 77.2 Å². The van der Waals surface area contributed by atoms with Crippen molar-refractivity contribution in [1.29, 1.82) is 0 Å². The van der Waals surface area contributed by atoms with Gasteiger partial charge in [-0.05, 0) is 43.7 Å². The summed E-state index contributed by atoms with van der Waals surface area (Å²) in [6, 6.07) is 8.60. The van der Waals surface area contributed by atoms with Gasteiger partial charge >= 0.3 is 0 Å². The fourth-order valence-corrected chi connectivity index (χ4v) is 2.24. The number of nitrogens with two attached hydrogens (primary N) is 1. The molecule has 0 bridgehead atoms. The number of pyridine rings is 1. The smallest absolute Gasteiger partial charge is 0.255 e. The average molecular weight is 334 g/mol. The van der Waals surface area contributed by atoms with Gasteiger partial charge in [0, 0.05) is 23.5 Å². The molecule has 1 aromatic carbocycles. The van der Waals surface area contributed by atoms with E-state index in [9.17, 15) is 4.79 Å². The normalized spacial score (nSPS) is 11.8. The Morgan fingerprint density at radius 2 is 2.17 bits per heavy atom. The number of hydrogen-bond donors (Lipinski definition) is 2. The number of hydrogen-bond acceptors (Lipinski definition) is 4. The molecule has 1 heterocycles. The third kappa shape index (κ3) is 4.68. The van der Waals surface area contributed by atoms with Gasteiger partial charge in [-0.3, -0.25) is 9.78 Å². The first-order valence-electron chi connectivity index (χ1n) is 7.37. The minimum atomic E-state index is -0.257. The lowest BCUT2D eigenvalue weighted by molar-refractivity contribution is 0.0936. The number of carbonyl (C=O) groups excluding carboxylic acids is 1. The van der Waals surface area contributed by atoms with Crippen molar-refractivity contribution < 1.29 is 9.53 Å². The average Bonchev–Trinajstić information content (AvgIpc) is 2.54. The van der Waals surface area contributed by atoms with Gasteiger partial charge in [-0.1, -0.05) is 17.7 Å². The van der Waals surface area contributed by atoms with Crippen molar-refractivity contribution in [3.63, 3.8) is 0 Å². The maximum Gasteiger partial charge on any atom is 0.255 e. The van der Waals surface area contributed by atoms with Gasteiger partial charge < -0.3 is 15.8 Å². The van der Waals surface area contributed by atoms with E-state index in [4.69, 9.17) is 22.1 Å². The van der Waals surface area contributed by atoms with Crippen molar-refractivity contribution in [2.45, 2.75) is 19.9 Å². The Kier molecular flexibility index (Phi) is 5.96. The Labute approximate surface area is 140 Å². The second-order valence-electron chi connectivity index (χ2n) is 5.21. The molecule has 0 saturated heterocycles. The second-order valence-corrected chi connectivity index (χ2v) is 5.64. The van der Waals surface area contributed by atoms with E-state index in [2.05, 4.69) is 10.3 Å². The molecule has 23 heavy (non-hydrogen) atoms. The number of benzene rings is 1. The summed E-state index contributed by atoms with van der Waals surface area (Å²) in [4.78, 5) is 16.8. The molecule has 0 aliphatic heterocycles. The van der Waals surface area contributed by atoms with Crippen LogP contribution < -0.4 is 15.8 Å². The van der Waals surface area contributed by atoms with E-state index in [1.54, 1.807) is 24.4 Å². The van der Waals surface area contributed by atoms with Crippen LogP contribution in [0.4, 0.5) is 0 Å². The molecule has 6 heteroatoms. The SMILES string of the molecule is Cc1ccc(C(C)NC(=O)c2cc(Cl)ccc2OCCN)cn1. The summed E-state index contributed by atoms with van der Waals surface area (Å²) in [7, 11) is 0. The molecule has 0 fully saturated rings. The summed E-state index contributed by atoms with van der Waals surface area (Å²) in [6.07, 6.45) is 1.75. The number of carbonyl (C=O) groups is 1. The highest BCUT2D eigenvalue weighted by molar-refractivity contribution is 6.31. The van der Waals surface area contributed by atoms with Gasteiger partial charge in [-0.15, -0.1) is 0 Å². The van der Waals surface area contributed by atoms with Crippen LogP contribution in [0.5, 0.6) is 5.75 Å². The molecule has 0 spiro atoms. The molecule has 0 radical (unpaired) electrons. The number of nitrogens with zero attached hydrogens (tertiary/aromatic N) is 1. The molecule has 5 nitrogen and oxygen atoms in total. The molecule has 122 valence electrons. The number of nitrogens with one attached hydrogen (secondary N) is 1. The van der Waals surface area contributed by atoms with Crippen LogP contribution in [0.3, 0.4) is 0 Å². The molecule has 2 rings (SSSR count). The molecule has 0 saturated carbocycles. The molecule has 1 atom stereocenters. The summed E-state index contributed by atoms with van der Waals surface area (Å²) in [5, 5.41) is 3.40. The summed E-state index contributed by atoms with van der Waals surface area (Å²) >= 11 is 6.00. The van der Waals surface area contributed by atoms with Crippen molar-refractivity contribution in [2.24, 2.45) is 5.73 Å². The highest BCUT2D eigenvalue weighted by Crippen LogP contribution is 2.24. The first kappa shape index (κ1) is 17.2. The predicted molar refractivity (Wildman–Crippen MR) is 90.9 cm³/mol.